The molecule has 2 bridgehead atoms. The van der Waals surface area contributed by atoms with Crippen molar-refractivity contribution in [2.75, 3.05) is 16.8 Å². The van der Waals surface area contributed by atoms with Gasteiger partial charge in [0.25, 0.3) is 5.91 Å². The van der Waals surface area contributed by atoms with Gasteiger partial charge in [-0.05, 0) is 83.5 Å². The van der Waals surface area contributed by atoms with Crippen molar-refractivity contribution in [1.82, 2.24) is 4.98 Å². The topological polar surface area (TPSA) is 109 Å². The Morgan fingerprint density at radius 1 is 0.923 bits per heavy atom. The van der Waals surface area contributed by atoms with E-state index in [1.165, 1.54) is 23.9 Å². The maximum Gasteiger partial charge on any atom is 0.416 e. The molecule has 14 heteroatoms. The van der Waals surface area contributed by atoms with Gasteiger partial charge >= 0.3 is 11.0 Å². The van der Waals surface area contributed by atoms with Crippen LogP contribution in [0.5, 0.6) is 5.75 Å². The summed E-state index contributed by atoms with van der Waals surface area (Å²) in [5.74, 6) is -3.40. The third-order valence-electron chi connectivity index (χ3n) is 10.9. The normalized spacial score (nSPS) is 26.0. The quantitative estimate of drug-likeness (QED) is 0.168. The van der Waals surface area contributed by atoms with Crippen molar-refractivity contribution in [2.45, 2.75) is 28.8 Å². The third kappa shape index (κ3) is 5.40. The average Bonchev–Trinajstić information content (AvgIpc) is 3.86. The lowest BCUT2D eigenvalue weighted by molar-refractivity contribution is -0.137. The highest BCUT2D eigenvalue weighted by Crippen LogP contribution is 2.69. The van der Waals surface area contributed by atoms with Crippen LogP contribution in [0.4, 0.5) is 24.5 Å². The fourth-order valence-electron chi connectivity index (χ4n) is 8.94. The number of anilines is 2. The van der Waals surface area contributed by atoms with Gasteiger partial charge in [-0.1, -0.05) is 63.7 Å². The average molecular weight is 807 g/mol. The van der Waals surface area contributed by atoms with Crippen molar-refractivity contribution in [3.05, 3.63) is 115 Å². The predicted molar refractivity (Wildman–Crippen MR) is 195 cm³/mol. The first kappa shape index (κ1) is 33.4. The molecule has 9 rings (SSSR count). The standard InChI is InChI=1S/C38H27BrF3N3O5S2/c39-20-9-11-26(50-16-27(46)43-21-10-8-17-4-1-2-5-18(17)12-21)23(14-20)28-29-24-15-25(32(29)51-34-33(28)52-37(49)44-34)31-30(24)35(47)45(36(31)48)22-7-3-6-19(13-22)38(40,41)42/h1-14,24-25,28-32H,15-16H2,(H,43,46)(H,44,49)/t24?,25?,28-,29?,30?,31?,32?/m1/s1. The lowest BCUT2D eigenvalue weighted by Gasteiger charge is -2.43. The molecule has 4 aliphatic rings. The van der Waals surface area contributed by atoms with E-state index in [1.807, 2.05) is 48.5 Å². The number of carbonyl (C=O) groups excluding carboxylic acids is 3. The molecule has 0 spiro atoms. The fourth-order valence-corrected chi connectivity index (χ4v) is 12.2. The van der Waals surface area contributed by atoms with Crippen molar-refractivity contribution < 1.29 is 32.3 Å². The van der Waals surface area contributed by atoms with Gasteiger partial charge in [-0.3, -0.25) is 24.1 Å². The number of H-pyrrole nitrogens is 1. The smallest absolute Gasteiger partial charge is 0.416 e. The second kappa shape index (κ2) is 12.3. The number of imide groups is 1. The molecule has 3 fully saturated rings. The lowest BCUT2D eigenvalue weighted by Crippen LogP contribution is -2.42. The van der Waals surface area contributed by atoms with Crippen LogP contribution >= 0.6 is 39.0 Å². The molecule has 52 heavy (non-hydrogen) atoms. The van der Waals surface area contributed by atoms with Gasteiger partial charge in [-0.15, -0.1) is 11.8 Å². The van der Waals surface area contributed by atoms with Gasteiger partial charge in [-0.25, -0.2) is 0 Å². The second-order valence-electron chi connectivity index (χ2n) is 13.6. The minimum absolute atomic E-state index is 0.0844. The summed E-state index contributed by atoms with van der Waals surface area (Å²) in [5, 5.41) is 5.46. The van der Waals surface area contributed by atoms with Crippen LogP contribution in [0.15, 0.2) is 99.2 Å². The molecule has 2 aliphatic heterocycles. The van der Waals surface area contributed by atoms with Crippen LogP contribution in [0.25, 0.3) is 10.8 Å². The van der Waals surface area contributed by atoms with Crippen molar-refractivity contribution in [1.29, 1.82) is 0 Å². The van der Waals surface area contributed by atoms with E-state index >= 15 is 0 Å². The van der Waals surface area contributed by atoms with Gasteiger partial charge in [0.05, 0.1) is 28.1 Å². The van der Waals surface area contributed by atoms with E-state index < -0.39 is 41.3 Å². The molecule has 0 radical (unpaired) electrons. The van der Waals surface area contributed by atoms with Crippen LogP contribution in [0.1, 0.15) is 28.3 Å². The number of halogens is 4. The highest BCUT2D eigenvalue weighted by Gasteiger charge is 2.70. The van der Waals surface area contributed by atoms with Crippen molar-refractivity contribution >= 4 is 78.9 Å². The van der Waals surface area contributed by atoms with Crippen molar-refractivity contribution in [2.24, 2.45) is 29.6 Å². The Bertz CT molecular complexity index is 2380. The molecule has 2 N–H and O–H groups in total. The first-order chi connectivity index (χ1) is 25.0. The molecular weight excluding hydrogens is 779 g/mol. The van der Waals surface area contributed by atoms with Gasteiger partial charge in [0.15, 0.2) is 6.61 Å². The predicted octanol–water partition coefficient (Wildman–Crippen LogP) is 8.07. The molecule has 2 saturated carbocycles. The number of aromatic amines is 1. The summed E-state index contributed by atoms with van der Waals surface area (Å²) in [5.41, 5.74) is 0.342. The monoisotopic (exact) mass is 805 g/mol. The summed E-state index contributed by atoms with van der Waals surface area (Å²) in [6.07, 6.45) is -4.04. The number of benzene rings is 4. The van der Waals surface area contributed by atoms with Crippen LogP contribution < -0.4 is 19.8 Å². The Morgan fingerprint density at radius 3 is 2.48 bits per heavy atom. The van der Waals surface area contributed by atoms with Crippen LogP contribution in [-0.2, 0) is 20.6 Å². The number of amides is 3. The van der Waals surface area contributed by atoms with Crippen LogP contribution in [-0.4, -0.2) is 34.6 Å². The Labute approximate surface area is 310 Å². The maximum absolute atomic E-state index is 14.1. The number of thiazole rings is 1. The summed E-state index contributed by atoms with van der Waals surface area (Å²) in [7, 11) is 0. The SMILES string of the molecule is O=C(COc1ccc(Br)cc1[C@H]1c2sc(=O)[nH]c2SC2C3CC(C4C(=O)N(c5cccc(C(F)(F)F)c5)C(=O)C34)C21)Nc1ccc2ccccc2c1. The van der Waals surface area contributed by atoms with E-state index in [9.17, 15) is 32.3 Å². The van der Waals surface area contributed by atoms with E-state index in [4.69, 9.17) is 4.74 Å². The molecule has 2 aliphatic carbocycles. The summed E-state index contributed by atoms with van der Waals surface area (Å²) in [4.78, 5) is 58.5. The second-order valence-corrected chi connectivity index (χ2v) is 16.7. The number of fused-ring (bicyclic) bond motifs is 10. The molecule has 4 aromatic carbocycles. The highest BCUT2D eigenvalue weighted by molar-refractivity contribution is 9.10. The Kier molecular flexibility index (Phi) is 7.94. The number of aromatic nitrogens is 1. The Balaban J connectivity index is 1.04. The number of nitrogens with one attached hydrogen (secondary N) is 2. The lowest BCUT2D eigenvalue weighted by atomic mass is 9.68. The Hall–Kier alpha value is -4.40. The number of carbonyl (C=O) groups is 3. The molecule has 1 saturated heterocycles. The zero-order valence-corrected chi connectivity index (χ0v) is 30.1. The van der Waals surface area contributed by atoms with Gasteiger partial charge in [0.1, 0.15) is 5.75 Å². The molecule has 3 heterocycles. The molecule has 3 amide bonds. The van der Waals surface area contributed by atoms with Gasteiger partial charge in [0.2, 0.25) is 11.8 Å². The summed E-state index contributed by atoms with van der Waals surface area (Å²) in [6, 6.07) is 23.3. The van der Waals surface area contributed by atoms with E-state index in [0.717, 1.165) is 54.1 Å². The number of hydrogen-bond acceptors (Lipinski definition) is 7. The number of ether oxygens (including phenoxy) is 1. The number of hydrogen-bond donors (Lipinski definition) is 2. The van der Waals surface area contributed by atoms with Gasteiger partial charge in [0, 0.05) is 31.8 Å². The molecule has 7 atom stereocenters. The fraction of sp³-hybridized carbons (Fsp3) is 0.263. The van der Waals surface area contributed by atoms with Crippen LogP contribution in [0, 0.1) is 29.6 Å². The molecule has 6 unspecified atom stereocenters. The van der Waals surface area contributed by atoms with E-state index in [2.05, 4.69) is 26.2 Å². The Morgan fingerprint density at radius 2 is 1.69 bits per heavy atom. The first-order valence-corrected chi connectivity index (χ1v) is 19.1. The highest BCUT2D eigenvalue weighted by atomic mass is 79.9. The molecule has 8 nitrogen and oxygen atoms in total. The van der Waals surface area contributed by atoms with Crippen molar-refractivity contribution in [3.63, 3.8) is 0 Å². The molecular formula is C38H27BrF3N3O5S2. The van der Waals surface area contributed by atoms with E-state index in [0.29, 0.717) is 22.9 Å². The maximum atomic E-state index is 14.1. The minimum Gasteiger partial charge on any atom is -0.483 e. The molecule has 264 valence electrons. The summed E-state index contributed by atoms with van der Waals surface area (Å²) in [6.45, 7) is -0.289. The first-order valence-electron chi connectivity index (χ1n) is 16.6. The van der Waals surface area contributed by atoms with Gasteiger partial charge in [-0.2, -0.15) is 13.2 Å². The number of thioether (sulfide) groups is 1. The summed E-state index contributed by atoms with van der Waals surface area (Å²) >= 11 is 6.18. The van der Waals surface area contributed by atoms with Crippen molar-refractivity contribution in [3.8, 4) is 5.75 Å². The minimum atomic E-state index is -4.63. The zero-order valence-electron chi connectivity index (χ0n) is 26.9. The molecule has 1 aromatic heterocycles. The molecule has 5 aromatic rings. The van der Waals surface area contributed by atoms with E-state index in [-0.39, 0.29) is 46.1 Å². The zero-order chi connectivity index (χ0) is 36.1. The van der Waals surface area contributed by atoms with E-state index in [1.54, 1.807) is 12.1 Å². The van der Waals surface area contributed by atoms with Crippen LogP contribution in [0.3, 0.4) is 0 Å². The van der Waals surface area contributed by atoms with Gasteiger partial charge < -0.3 is 15.0 Å². The van der Waals surface area contributed by atoms with Crippen LogP contribution in [0.2, 0.25) is 0 Å². The number of nitrogens with zero attached hydrogens (tertiary/aromatic N) is 1. The largest absolute Gasteiger partial charge is 0.483 e. The number of rotatable bonds is 6. The third-order valence-corrected chi connectivity index (χ3v) is 13.9. The summed E-state index contributed by atoms with van der Waals surface area (Å²) < 4.78 is 47.8. The number of alkyl halides is 3.